The molecule has 0 aromatic heterocycles. The van der Waals surface area contributed by atoms with Crippen molar-refractivity contribution in [2.24, 2.45) is 5.41 Å². The molecule has 5 nitrogen and oxygen atoms in total. The molecule has 0 N–H and O–H groups in total. The average molecular weight is 361 g/mol. The number of likely N-dealkylation sites (tertiary alicyclic amines) is 1. The largest absolute Gasteiger partial charge is 0.466 e. The smallest absolute Gasteiger partial charge is 0.410 e. The predicted octanol–water partition coefficient (Wildman–Crippen LogP) is 4.20. The van der Waals surface area contributed by atoms with Crippen LogP contribution in [-0.2, 0) is 20.7 Å². The Kier molecular flexibility index (Phi) is 6.68. The number of hydrogen-bond acceptors (Lipinski definition) is 4. The van der Waals surface area contributed by atoms with Crippen molar-refractivity contribution in [1.29, 1.82) is 0 Å². The Hall–Kier alpha value is -2.04. The van der Waals surface area contributed by atoms with Crippen LogP contribution in [0.15, 0.2) is 30.3 Å². The van der Waals surface area contributed by atoms with Crippen molar-refractivity contribution in [2.45, 2.75) is 59.0 Å². The lowest BCUT2D eigenvalue weighted by molar-refractivity contribution is -0.159. The first-order chi connectivity index (χ1) is 12.3. The van der Waals surface area contributed by atoms with E-state index in [0.717, 1.165) is 12.8 Å². The molecule has 1 aliphatic heterocycles. The molecule has 0 radical (unpaired) electrons. The highest BCUT2D eigenvalue weighted by Gasteiger charge is 2.43. The molecule has 144 valence electrons. The number of aryl methyl sites for hydroxylation is 1. The minimum Gasteiger partial charge on any atom is -0.466 e. The number of esters is 1. The molecule has 1 aromatic carbocycles. The van der Waals surface area contributed by atoms with Crippen molar-refractivity contribution in [3.63, 3.8) is 0 Å². The van der Waals surface area contributed by atoms with Crippen LogP contribution in [0.4, 0.5) is 4.79 Å². The number of carbonyl (C=O) groups is 2. The second-order valence-corrected chi connectivity index (χ2v) is 7.95. The molecule has 0 spiro atoms. The third kappa shape index (κ3) is 5.48. The summed E-state index contributed by atoms with van der Waals surface area (Å²) >= 11 is 0. The standard InChI is InChI=1S/C21H31NO4/c1-5-25-18(23)21(12-11-17-9-7-6-8-10-17)13-15-22(16-14-21)19(24)26-20(2,3)4/h6-10H,5,11-16H2,1-4H3. The van der Waals surface area contributed by atoms with Gasteiger partial charge in [-0.15, -0.1) is 0 Å². The summed E-state index contributed by atoms with van der Waals surface area (Å²) in [6, 6.07) is 10.2. The van der Waals surface area contributed by atoms with E-state index >= 15 is 0 Å². The zero-order valence-electron chi connectivity index (χ0n) is 16.4. The van der Waals surface area contributed by atoms with Crippen LogP contribution in [0.3, 0.4) is 0 Å². The van der Waals surface area contributed by atoms with Gasteiger partial charge in [0.25, 0.3) is 0 Å². The Morgan fingerprint density at radius 2 is 1.73 bits per heavy atom. The number of rotatable bonds is 5. The summed E-state index contributed by atoms with van der Waals surface area (Å²) in [4.78, 5) is 26.7. The molecule has 1 amide bonds. The van der Waals surface area contributed by atoms with Crippen molar-refractivity contribution < 1.29 is 19.1 Å². The zero-order chi connectivity index (χ0) is 19.2. The van der Waals surface area contributed by atoms with Gasteiger partial charge in [-0.1, -0.05) is 30.3 Å². The summed E-state index contributed by atoms with van der Waals surface area (Å²) in [7, 11) is 0. The Labute approximate surface area is 156 Å². The van der Waals surface area contributed by atoms with E-state index in [1.165, 1.54) is 5.56 Å². The topological polar surface area (TPSA) is 55.8 Å². The van der Waals surface area contributed by atoms with E-state index in [4.69, 9.17) is 9.47 Å². The minimum atomic E-state index is -0.523. The van der Waals surface area contributed by atoms with Gasteiger partial charge in [0.2, 0.25) is 0 Å². The van der Waals surface area contributed by atoms with E-state index in [-0.39, 0.29) is 12.1 Å². The van der Waals surface area contributed by atoms with Gasteiger partial charge in [-0.25, -0.2) is 4.79 Å². The van der Waals surface area contributed by atoms with Crippen LogP contribution in [0.2, 0.25) is 0 Å². The normalized spacial score (nSPS) is 16.8. The van der Waals surface area contributed by atoms with Crippen LogP contribution in [0, 0.1) is 5.41 Å². The van der Waals surface area contributed by atoms with E-state index in [1.807, 2.05) is 45.9 Å². The molecular weight excluding hydrogens is 330 g/mol. The molecule has 1 saturated heterocycles. The van der Waals surface area contributed by atoms with Crippen LogP contribution in [0.25, 0.3) is 0 Å². The highest BCUT2D eigenvalue weighted by Crippen LogP contribution is 2.38. The molecule has 0 bridgehead atoms. The van der Waals surface area contributed by atoms with E-state index in [0.29, 0.717) is 32.5 Å². The van der Waals surface area contributed by atoms with Gasteiger partial charge in [0, 0.05) is 13.1 Å². The van der Waals surface area contributed by atoms with Gasteiger partial charge in [0.15, 0.2) is 0 Å². The van der Waals surface area contributed by atoms with Gasteiger partial charge in [0.05, 0.1) is 12.0 Å². The second-order valence-electron chi connectivity index (χ2n) is 7.95. The minimum absolute atomic E-state index is 0.139. The molecule has 1 heterocycles. The number of ether oxygens (including phenoxy) is 2. The molecule has 1 aliphatic rings. The van der Waals surface area contributed by atoms with Crippen LogP contribution < -0.4 is 0 Å². The van der Waals surface area contributed by atoms with Gasteiger partial charge in [-0.2, -0.15) is 0 Å². The summed E-state index contributed by atoms with van der Waals surface area (Å²) < 4.78 is 10.8. The van der Waals surface area contributed by atoms with E-state index in [2.05, 4.69) is 12.1 Å². The third-order valence-corrected chi connectivity index (χ3v) is 4.82. The van der Waals surface area contributed by atoms with Gasteiger partial charge >= 0.3 is 12.1 Å². The van der Waals surface area contributed by atoms with Crippen molar-refractivity contribution in [3.8, 4) is 0 Å². The van der Waals surface area contributed by atoms with Gasteiger partial charge < -0.3 is 14.4 Å². The summed E-state index contributed by atoms with van der Waals surface area (Å²) in [6.45, 7) is 8.82. The van der Waals surface area contributed by atoms with Crippen molar-refractivity contribution in [3.05, 3.63) is 35.9 Å². The Balaban J connectivity index is 2.03. The van der Waals surface area contributed by atoms with Crippen molar-refractivity contribution in [2.75, 3.05) is 19.7 Å². The maximum atomic E-state index is 12.7. The molecule has 1 fully saturated rings. The van der Waals surface area contributed by atoms with Crippen molar-refractivity contribution >= 4 is 12.1 Å². The highest BCUT2D eigenvalue weighted by molar-refractivity contribution is 5.77. The number of carbonyl (C=O) groups excluding carboxylic acids is 2. The van der Waals surface area contributed by atoms with Crippen LogP contribution in [0.5, 0.6) is 0 Å². The molecular formula is C21H31NO4. The second kappa shape index (κ2) is 8.56. The quantitative estimate of drug-likeness (QED) is 0.738. The number of piperidine rings is 1. The van der Waals surface area contributed by atoms with Gasteiger partial charge in [0.1, 0.15) is 5.60 Å². The predicted molar refractivity (Wildman–Crippen MR) is 101 cm³/mol. The number of amides is 1. The Morgan fingerprint density at radius 1 is 1.12 bits per heavy atom. The molecule has 2 rings (SSSR count). The summed E-state index contributed by atoms with van der Waals surface area (Å²) in [5.41, 5.74) is 0.176. The van der Waals surface area contributed by atoms with Crippen LogP contribution >= 0.6 is 0 Å². The molecule has 1 aromatic rings. The van der Waals surface area contributed by atoms with E-state index < -0.39 is 11.0 Å². The fraction of sp³-hybridized carbons (Fsp3) is 0.619. The van der Waals surface area contributed by atoms with Crippen LogP contribution in [0.1, 0.15) is 52.5 Å². The van der Waals surface area contributed by atoms with E-state index in [9.17, 15) is 9.59 Å². The molecule has 0 saturated carbocycles. The van der Waals surface area contributed by atoms with Crippen LogP contribution in [-0.4, -0.2) is 42.3 Å². The molecule has 0 atom stereocenters. The highest BCUT2D eigenvalue weighted by atomic mass is 16.6. The zero-order valence-corrected chi connectivity index (χ0v) is 16.4. The van der Waals surface area contributed by atoms with E-state index in [1.54, 1.807) is 4.90 Å². The molecule has 26 heavy (non-hydrogen) atoms. The van der Waals surface area contributed by atoms with Crippen molar-refractivity contribution in [1.82, 2.24) is 4.90 Å². The van der Waals surface area contributed by atoms with Gasteiger partial charge in [-0.05, 0) is 58.9 Å². The maximum absolute atomic E-state index is 12.7. The monoisotopic (exact) mass is 361 g/mol. The number of hydrogen-bond donors (Lipinski definition) is 0. The number of benzene rings is 1. The lowest BCUT2D eigenvalue weighted by atomic mass is 9.74. The number of nitrogens with zero attached hydrogens (tertiary/aromatic N) is 1. The fourth-order valence-electron chi connectivity index (χ4n) is 3.31. The third-order valence-electron chi connectivity index (χ3n) is 4.82. The summed E-state index contributed by atoms with van der Waals surface area (Å²) in [6.07, 6.45) is 2.47. The fourth-order valence-corrected chi connectivity index (χ4v) is 3.31. The first kappa shape index (κ1) is 20.3. The van der Waals surface area contributed by atoms with Gasteiger partial charge in [-0.3, -0.25) is 4.79 Å². The first-order valence-electron chi connectivity index (χ1n) is 9.45. The SMILES string of the molecule is CCOC(=O)C1(CCc2ccccc2)CCN(C(=O)OC(C)(C)C)CC1. The molecule has 0 unspecified atom stereocenters. The molecule has 0 aliphatic carbocycles. The summed E-state index contributed by atoms with van der Waals surface area (Å²) in [5.74, 6) is -0.139. The average Bonchev–Trinajstić information content (AvgIpc) is 2.60. The Morgan fingerprint density at radius 3 is 2.27 bits per heavy atom. The lowest BCUT2D eigenvalue weighted by Gasteiger charge is -2.40. The molecule has 5 heteroatoms. The summed E-state index contributed by atoms with van der Waals surface area (Å²) in [5, 5.41) is 0. The maximum Gasteiger partial charge on any atom is 0.410 e. The first-order valence-corrected chi connectivity index (χ1v) is 9.45. The Bertz CT molecular complexity index is 598. The lowest BCUT2D eigenvalue weighted by Crippen LogP contribution is -2.48.